The van der Waals surface area contributed by atoms with Crippen LogP contribution in [0.1, 0.15) is 29.8 Å². The number of rotatable bonds is 1. The fourth-order valence-electron chi connectivity index (χ4n) is 2.95. The average Bonchev–Trinajstić information content (AvgIpc) is 2.47. The molecule has 3 rings (SSSR count). The van der Waals surface area contributed by atoms with Crippen molar-refractivity contribution in [3.05, 3.63) is 30.1 Å². The monoisotopic (exact) mass is 259 g/mol. The van der Waals surface area contributed by atoms with E-state index < -0.39 is 0 Å². The zero-order valence-electron chi connectivity index (χ0n) is 10.7. The lowest BCUT2D eigenvalue weighted by molar-refractivity contribution is -0.125. The summed E-state index contributed by atoms with van der Waals surface area (Å²) in [5.74, 6) is 0.529. The highest BCUT2D eigenvalue weighted by Crippen LogP contribution is 2.25. The molecule has 19 heavy (non-hydrogen) atoms. The van der Waals surface area contributed by atoms with Gasteiger partial charge in [-0.2, -0.15) is 0 Å². The van der Waals surface area contributed by atoms with Crippen LogP contribution >= 0.6 is 0 Å². The highest BCUT2D eigenvalue weighted by Gasteiger charge is 2.35. The molecule has 2 saturated heterocycles. The Morgan fingerprint density at radius 1 is 1.37 bits per heavy atom. The lowest BCUT2D eigenvalue weighted by atomic mass is 9.85. The van der Waals surface area contributed by atoms with Crippen molar-refractivity contribution in [1.82, 2.24) is 15.2 Å². The Kier molecular flexibility index (Phi) is 3.19. The predicted octanol–water partition coefficient (Wildman–Crippen LogP) is 0.822. The molecule has 100 valence electrons. The molecule has 2 aliphatic rings. The Hall–Kier alpha value is -1.91. The normalized spacial score (nSPS) is 26.5. The number of likely N-dealkylation sites (tertiary alicyclic amines) is 1. The molecule has 2 amide bonds. The van der Waals surface area contributed by atoms with Crippen LogP contribution in [0.3, 0.4) is 0 Å². The first-order chi connectivity index (χ1) is 9.24. The second-order valence-electron chi connectivity index (χ2n) is 5.23. The summed E-state index contributed by atoms with van der Waals surface area (Å²) in [6, 6.07) is 5.62. The molecule has 1 aromatic rings. The van der Waals surface area contributed by atoms with Gasteiger partial charge in [0.2, 0.25) is 5.91 Å². The van der Waals surface area contributed by atoms with Crippen LogP contribution in [0.15, 0.2) is 24.4 Å². The number of carbonyl (C=O) groups is 2. The summed E-state index contributed by atoms with van der Waals surface area (Å²) in [5, 5.41) is 3.03. The van der Waals surface area contributed by atoms with Crippen LogP contribution < -0.4 is 5.32 Å². The van der Waals surface area contributed by atoms with E-state index in [1.54, 1.807) is 18.3 Å². The molecular formula is C14H17N3O2. The molecule has 3 heterocycles. The van der Waals surface area contributed by atoms with Gasteiger partial charge in [-0.25, -0.2) is 0 Å². The van der Waals surface area contributed by atoms with Crippen molar-refractivity contribution in [2.75, 3.05) is 13.1 Å². The van der Waals surface area contributed by atoms with Crippen LogP contribution in [0.5, 0.6) is 0 Å². The molecule has 5 heteroatoms. The van der Waals surface area contributed by atoms with Crippen molar-refractivity contribution in [3.63, 3.8) is 0 Å². The van der Waals surface area contributed by atoms with Gasteiger partial charge in [0.1, 0.15) is 5.69 Å². The number of piperidine rings is 2. The summed E-state index contributed by atoms with van der Waals surface area (Å²) in [4.78, 5) is 29.6. The fraction of sp³-hybridized carbons (Fsp3) is 0.500. The number of nitrogens with one attached hydrogen (secondary N) is 1. The van der Waals surface area contributed by atoms with Crippen LogP contribution in [0.2, 0.25) is 0 Å². The molecule has 0 spiro atoms. The first kappa shape index (κ1) is 12.1. The maximum absolute atomic E-state index is 12.3. The Morgan fingerprint density at radius 2 is 2.26 bits per heavy atom. The number of pyridine rings is 1. The molecule has 2 unspecified atom stereocenters. The number of nitrogens with zero attached hydrogens (tertiary/aromatic N) is 2. The molecule has 1 N–H and O–H groups in total. The van der Waals surface area contributed by atoms with Gasteiger partial charge in [-0.1, -0.05) is 6.07 Å². The molecule has 5 nitrogen and oxygen atoms in total. The molecule has 0 aromatic carbocycles. The second-order valence-corrected chi connectivity index (χ2v) is 5.23. The number of hydrogen-bond acceptors (Lipinski definition) is 3. The molecule has 0 radical (unpaired) electrons. The number of hydrogen-bond donors (Lipinski definition) is 1. The number of carbonyl (C=O) groups excluding carboxylic acids is 2. The van der Waals surface area contributed by atoms with Gasteiger partial charge in [0.15, 0.2) is 0 Å². The van der Waals surface area contributed by atoms with E-state index in [-0.39, 0.29) is 17.9 Å². The smallest absolute Gasteiger partial charge is 0.272 e. The number of amides is 2. The Morgan fingerprint density at radius 3 is 3.05 bits per heavy atom. The van der Waals surface area contributed by atoms with Gasteiger partial charge in [0, 0.05) is 31.7 Å². The summed E-state index contributed by atoms with van der Waals surface area (Å²) in [6.07, 6.45) is 3.94. The minimum atomic E-state index is -0.00375. The predicted molar refractivity (Wildman–Crippen MR) is 69.4 cm³/mol. The van der Waals surface area contributed by atoms with E-state index in [9.17, 15) is 9.59 Å². The van der Waals surface area contributed by atoms with Gasteiger partial charge in [0.25, 0.3) is 5.91 Å². The fourth-order valence-corrected chi connectivity index (χ4v) is 2.95. The molecule has 1 aromatic heterocycles. The van der Waals surface area contributed by atoms with Gasteiger partial charge in [0.05, 0.1) is 0 Å². The van der Waals surface area contributed by atoms with Gasteiger partial charge in [-0.15, -0.1) is 0 Å². The summed E-state index contributed by atoms with van der Waals surface area (Å²) in [6.45, 7) is 1.41. The van der Waals surface area contributed by atoms with Crippen LogP contribution in [-0.2, 0) is 4.79 Å². The van der Waals surface area contributed by atoms with Crippen molar-refractivity contribution in [1.29, 1.82) is 0 Å². The van der Waals surface area contributed by atoms with Crippen molar-refractivity contribution >= 4 is 11.8 Å². The van der Waals surface area contributed by atoms with E-state index in [1.807, 2.05) is 11.0 Å². The first-order valence-electron chi connectivity index (χ1n) is 6.74. The minimum absolute atomic E-state index is 0.00375. The molecule has 0 saturated carbocycles. The maximum atomic E-state index is 12.3. The largest absolute Gasteiger partial charge is 0.353 e. The SMILES string of the molecule is O=C1CCC2CN(C(=O)c3ccccn3)CCC2N1. The molecule has 2 atom stereocenters. The van der Waals surface area contributed by atoms with E-state index in [1.165, 1.54) is 0 Å². The summed E-state index contributed by atoms with van der Waals surface area (Å²) in [7, 11) is 0. The van der Waals surface area contributed by atoms with E-state index in [0.29, 0.717) is 24.6 Å². The summed E-state index contributed by atoms with van der Waals surface area (Å²) in [5.41, 5.74) is 0.501. The highest BCUT2D eigenvalue weighted by atomic mass is 16.2. The quantitative estimate of drug-likeness (QED) is 0.812. The topological polar surface area (TPSA) is 62.3 Å². The summed E-state index contributed by atoms with van der Waals surface area (Å²) >= 11 is 0. The van der Waals surface area contributed by atoms with Gasteiger partial charge < -0.3 is 10.2 Å². The van der Waals surface area contributed by atoms with Crippen LogP contribution in [0.25, 0.3) is 0 Å². The van der Waals surface area contributed by atoms with Gasteiger partial charge in [-0.05, 0) is 30.9 Å². The Balaban J connectivity index is 1.68. The first-order valence-corrected chi connectivity index (χ1v) is 6.74. The third-order valence-electron chi connectivity index (χ3n) is 3.99. The summed E-state index contributed by atoms with van der Waals surface area (Å²) < 4.78 is 0. The van der Waals surface area contributed by atoms with E-state index >= 15 is 0 Å². The van der Waals surface area contributed by atoms with E-state index in [0.717, 1.165) is 19.4 Å². The third-order valence-corrected chi connectivity index (χ3v) is 3.99. The number of aromatic nitrogens is 1. The van der Waals surface area contributed by atoms with Gasteiger partial charge in [-0.3, -0.25) is 14.6 Å². The van der Waals surface area contributed by atoms with Crippen molar-refractivity contribution < 1.29 is 9.59 Å². The lowest BCUT2D eigenvalue weighted by Crippen LogP contribution is -2.55. The van der Waals surface area contributed by atoms with Crippen molar-refractivity contribution in [2.24, 2.45) is 5.92 Å². The van der Waals surface area contributed by atoms with Crippen LogP contribution in [0, 0.1) is 5.92 Å². The second kappa shape index (κ2) is 4.99. The van der Waals surface area contributed by atoms with Crippen molar-refractivity contribution in [2.45, 2.75) is 25.3 Å². The van der Waals surface area contributed by atoms with Crippen molar-refractivity contribution in [3.8, 4) is 0 Å². The highest BCUT2D eigenvalue weighted by molar-refractivity contribution is 5.92. The molecule has 0 aliphatic carbocycles. The van der Waals surface area contributed by atoms with Gasteiger partial charge >= 0.3 is 0 Å². The zero-order chi connectivity index (χ0) is 13.2. The standard InChI is InChI=1S/C14H17N3O2/c18-13-5-4-10-9-17(8-6-11(10)16-13)14(19)12-3-1-2-7-15-12/h1-3,7,10-11H,4-6,8-9H2,(H,16,18). The van der Waals surface area contributed by atoms with E-state index in [4.69, 9.17) is 0 Å². The lowest BCUT2D eigenvalue weighted by Gasteiger charge is -2.41. The third kappa shape index (κ3) is 2.45. The molecule has 0 bridgehead atoms. The Bertz CT molecular complexity index is 489. The Labute approximate surface area is 112 Å². The molecule has 2 fully saturated rings. The van der Waals surface area contributed by atoms with Crippen LogP contribution in [-0.4, -0.2) is 40.8 Å². The number of fused-ring (bicyclic) bond motifs is 1. The maximum Gasteiger partial charge on any atom is 0.272 e. The minimum Gasteiger partial charge on any atom is -0.353 e. The van der Waals surface area contributed by atoms with Crippen LogP contribution in [0.4, 0.5) is 0 Å². The zero-order valence-corrected chi connectivity index (χ0v) is 10.7. The molecule has 2 aliphatic heterocycles. The molecular weight excluding hydrogens is 242 g/mol. The van der Waals surface area contributed by atoms with E-state index in [2.05, 4.69) is 10.3 Å². The average molecular weight is 259 g/mol.